The van der Waals surface area contributed by atoms with Crippen LogP contribution in [0.25, 0.3) is 0 Å². The van der Waals surface area contributed by atoms with Gasteiger partial charge in [0.05, 0.1) is 5.41 Å². The van der Waals surface area contributed by atoms with E-state index in [2.05, 4.69) is 10.6 Å². The van der Waals surface area contributed by atoms with Gasteiger partial charge in [-0.3, -0.25) is 9.59 Å². The van der Waals surface area contributed by atoms with Crippen LogP contribution in [0.5, 0.6) is 0 Å². The zero-order chi connectivity index (χ0) is 17.6. The number of urea groups is 1. The zero-order valence-electron chi connectivity index (χ0n) is 14.5. The number of carbonyl (C=O) groups is 3. The van der Waals surface area contributed by atoms with Crippen molar-refractivity contribution in [2.75, 3.05) is 19.6 Å². The summed E-state index contributed by atoms with van der Waals surface area (Å²) < 4.78 is 0. The molecule has 0 aromatic heterocycles. The van der Waals surface area contributed by atoms with Crippen molar-refractivity contribution in [1.29, 1.82) is 0 Å². The predicted molar refractivity (Wildman–Crippen MR) is 89.6 cm³/mol. The van der Waals surface area contributed by atoms with Crippen LogP contribution in [0, 0.1) is 5.41 Å². The van der Waals surface area contributed by atoms with Crippen molar-refractivity contribution in [2.24, 2.45) is 5.41 Å². The normalized spacial score (nSPS) is 24.6. The maximum absolute atomic E-state index is 12.1. The number of carboxylic acids is 1. The van der Waals surface area contributed by atoms with Crippen molar-refractivity contribution in [3.05, 3.63) is 0 Å². The summed E-state index contributed by atoms with van der Waals surface area (Å²) >= 11 is 0. The van der Waals surface area contributed by atoms with Gasteiger partial charge in [0.2, 0.25) is 5.91 Å². The third kappa shape index (κ3) is 5.11. The quantitative estimate of drug-likeness (QED) is 0.642. The average molecular weight is 339 g/mol. The van der Waals surface area contributed by atoms with Crippen molar-refractivity contribution >= 4 is 17.9 Å². The van der Waals surface area contributed by atoms with Crippen molar-refractivity contribution in [1.82, 2.24) is 15.5 Å². The lowest BCUT2D eigenvalue weighted by Gasteiger charge is -2.23. The van der Waals surface area contributed by atoms with Gasteiger partial charge in [-0.15, -0.1) is 0 Å². The van der Waals surface area contributed by atoms with Crippen molar-refractivity contribution in [3.8, 4) is 0 Å². The molecule has 7 heteroatoms. The Labute approximate surface area is 143 Å². The summed E-state index contributed by atoms with van der Waals surface area (Å²) in [5, 5.41) is 15.0. The summed E-state index contributed by atoms with van der Waals surface area (Å²) in [6.07, 6.45) is 7.08. The Kier molecular flexibility index (Phi) is 6.45. The second-order valence-corrected chi connectivity index (χ2v) is 7.27. The molecule has 24 heavy (non-hydrogen) atoms. The standard InChI is InChI=1S/C17H29N3O4/c1-17(15(22)23)9-11-20(12-17)14(21)8-5-10-18-16(24)19-13-6-3-2-4-7-13/h13H,2-12H2,1H3,(H,22,23)(H2,18,19,24). The maximum atomic E-state index is 12.1. The number of hydrogen-bond donors (Lipinski definition) is 3. The van der Waals surface area contributed by atoms with Gasteiger partial charge in [0.25, 0.3) is 0 Å². The molecule has 2 aliphatic rings. The average Bonchev–Trinajstić information content (AvgIpc) is 2.96. The van der Waals surface area contributed by atoms with E-state index in [1.165, 1.54) is 19.3 Å². The minimum Gasteiger partial charge on any atom is -0.481 e. The number of carbonyl (C=O) groups excluding carboxylic acids is 2. The fourth-order valence-electron chi connectivity index (χ4n) is 3.43. The van der Waals surface area contributed by atoms with E-state index in [4.69, 9.17) is 0 Å². The highest BCUT2D eigenvalue weighted by Gasteiger charge is 2.41. The Bertz CT molecular complexity index is 476. The number of nitrogens with one attached hydrogen (secondary N) is 2. The molecule has 0 aromatic rings. The summed E-state index contributed by atoms with van der Waals surface area (Å²) in [5.41, 5.74) is -0.826. The Hall–Kier alpha value is -1.79. The van der Waals surface area contributed by atoms with Crippen LogP contribution in [0.15, 0.2) is 0 Å². The van der Waals surface area contributed by atoms with Gasteiger partial charge in [0.1, 0.15) is 0 Å². The predicted octanol–water partition coefficient (Wildman–Crippen LogP) is 1.72. The maximum Gasteiger partial charge on any atom is 0.315 e. The molecule has 1 unspecified atom stereocenters. The molecule has 1 atom stereocenters. The molecule has 0 bridgehead atoms. The number of nitrogens with zero attached hydrogens (tertiary/aromatic N) is 1. The first kappa shape index (κ1) is 18.5. The molecular formula is C17H29N3O4. The number of aliphatic carboxylic acids is 1. The minimum atomic E-state index is -0.848. The third-order valence-electron chi connectivity index (χ3n) is 5.14. The van der Waals surface area contributed by atoms with Gasteiger partial charge in [-0.25, -0.2) is 4.79 Å². The SMILES string of the molecule is CC1(C(=O)O)CCN(C(=O)CCCNC(=O)NC2CCCCC2)C1. The van der Waals surface area contributed by atoms with Crippen LogP contribution in [0.2, 0.25) is 0 Å². The first-order chi connectivity index (χ1) is 11.4. The van der Waals surface area contributed by atoms with Gasteiger partial charge in [-0.1, -0.05) is 19.3 Å². The Morgan fingerprint density at radius 2 is 1.92 bits per heavy atom. The second kappa shape index (κ2) is 8.35. The fourth-order valence-corrected chi connectivity index (χ4v) is 3.43. The van der Waals surface area contributed by atoms with Crippen LogP contribution in [-0.4, -0.2) is 53.6 Å². The Morgan fingerprint density at radius 3 is 2.54 bits per heavy atom. The highest BCUT2D eigenvalue weighted by molar-refractivity contribution is 5.80. The number of likely N-dealkylation sites (tertiary alicyclic amines) is 1. The molecule has 7 nitrogen and oxygen atoms in total. The third-order valence-corrected chi connectivity index (χ3v) is 5.14. The van der Waals surface area contributed by atoms with Crippen molar-refractivity contribution in [3.63, 3.8) is 0 Å². The smallest absolute Gasteiger partial charge is 0.315 e. The van der Waals surface area contributed by atoms with Gasteiger partial charge in [-0.05, 0) is 32.6 Å². The molecule has 0 spiro atoms. The van der Waals surface area contributed by atoms with E-state index in [1.54, 1.807) is 11.8 Å². The van der Waals surface area contributed by atoms with Gasteiger partial charge in [0, 0.05) is 32.1 Å². The number of amides is 3. The van der Waals surface area contributed by atoms with E-state index in [0.717, 1.165) is 12.8 Å². The molecule has 2 fully saturated rings. The number of rotatable bonds is 6. The monoisotopic (exact) mass is 339 g/mol. The molecular weight excluding hydrogens is 310 g/mol. The molecule has 136 valence electrons. The summed E-state index contributed by atoms with van der Waals surface area (Å²) in [6, 6.07) is 0.118. The molecule has 3 amide bonds. The number of carboxylic acid groups (broad SMARTS) is 1. The van der Waals surface area contributed by atoms with Gasteiger partial charge in [-0.2, -0.15) is 0 Å². The first-order valence-corrected chi connectivity index (χ1v) is 8.96. The van der Waals surface area contributed by atoms with Crippen LogP contribution in [-0.2, 0) is 9.59 Å². The summed E-state index contributed by atoms with van der Waals surface area (Å²) in [7, 11) is 0. The van der Waals surface area contributed by atoms with Crippen molar-refractivity contribution in [2.45, 2.75) is 64.3 Å². The first-order valence-electron chi connectivity index (χ1n) is 8.96. The topological polar surface area (TPSA) is 98.7 Å². The highest BCUT2D eigenvalue weighted by atomic mass is 16.4. The second-order valence-electron chi connectivity index (χ2n) is 7.27. The highest BCUT2D eigenvalue weighted by Crippen LogP contribution is 2.30. The van der Waals surface area contributed by atoms with Crippen molar-refractivity contribution < 1.29 is 19.5 Å². The Morgan fingerprint density at radius 1 is 1.21 bits per heavy atom. The number of hydrogen-bond acceptors (Lipinski definition) is 3. The Balaban J connectivity index is 1.59. The van der Waals surface area contributed by atoms with E-state index >= 15 is 0 Å². The fraction of sp³-hybridized carbons (Fsp3) is 0.824. The van der Waals surface area contributed by atoms with Gasteiger partial charge in [0.15, 0.2) is 0 Å². The van der Waals surface area contributed by atoms with E-state index in [1.807, 2.05) is 0 Å². The molecule has 0 radical (unpaired) electrons. The van der Waals surface area contributed by atoms with Crippen LogP contribution in [0.3, 0.4) is 0 Å². The molecule has 1 aliphatic carbocycles. The largest absolute Gasteiger partial charge is 0.481 e. The van der Waals surface area contributed by atoms with Crippen LogP contribution >= 0.6 is 0 Å². The minimum absolute atomic E-state index is 0.0329. The van der Waals surface area contributed by atoms with Crippen LogP contribution < -0.4 is 10.6 Å². The zero-order valence-corrected chi connectivity index (χ0v) is 14.5. The van der Waals surface area contributed by atoms with Crippen LogP contribution in [0.1, 0.15) is 58.3 Å². The summed E-state index contributed by atoms with van der Waals surface area (Å²) in [6.45, 7) is 2.90. The van der Waals surface area contributed by atoms with Gasteiger partial charge >= 0.3 is 12.0 Å². The lowest BCUT2D eigenvalue weighted by Crippen LogP contribution is -2.43. The summed E-state index contributed by atoms with van der Waals surface area (Å²) in [4.78, 5) is 36.7. The molecule has 1 heterocycles. The van der Waals surface area contributed by atoms with E-state index < -0.39 is 11.4 Å². The lowest BCUT2D eigenvalue weighted by atomic mass is 9.90. The molecule has 2 rings (SSSR count). The molecule has 1 saturated heterocycles. The van der Waals surface area contributed by atoms with Crippen LogP contribution in [0.4, 0.5) is 4.79 Å². The summed E-state index contributed by atoms with van der Waals surface area (Å²) in [5.74, 6) is -0.881. The molecule has 3 N–H and O–H groups in total. The van der Waals surface area contributed by atoms with E-state index in [-0.39, 0.29) is 24.5 Å². The van der Waals surface area contributed by atoms with E-state index in [0.29, 0.717) is 32.4 Å². The molecule has 1 saturated carbocycles. The van der Waals surface area contributed by atoms with Gasteiger partial charge < -0.3 is 20.6 Å². The molecule has 0 aromatic carbocycles. The molecule has 1 aliphatic heterocycles. The lowest BCUT2D eigenvalue weighted by molar-refractivity contribution is -0.147. The van der Waals surface area contributed by atoms with E-state index in [9.17, 15) is 19.5 Å².